The van der Waals surface area contributed by atoms with Crippen LogP contribution < -0.4 is 19.7 Å². The molecular weight excluding hydrogens is 518 g/mol. The molecule has 2 aromatic heterocycles. The first-order valence-corrected chi connectivity index (χ1v) is 14.4. The highest BCUT2D eigenvalue weighted by Gasteiger charge is 2.42. The summed E-state index contributed by atoms with van der Waals surface area (Å²) in [7, 11) is -2.03. The average Bonchev–Trinajstić information content (AvgIpc) is 3.49. The second-order valence-electron chi connectivity index (χ2n) is 9.33. The van der Waals surface area contributed by atoms with Crippen LogP contribution in [-0.4, -0.2) is 36.4 Å². The number of benzene rings is 2. The van der Waals surface area contributed by atoms with Gasteiger partial charge in [-0.05, 0) is 91.8 Å². The second-order valence-corrected chi connectivity index (χ2v) is 11.5. The molecule has 8 nitrogen and oxygen atoms in total. The minimum atomic E-state index is -3.54. The molecule has 196 valence electrons. The lowest BCUT2D eigenvalue weighted by Crippen LogP contribution is -2.30. The topological polar surface area (TPSA) is 88.5 Å². The molecular formula is C28H29N5O3S2. The van der Waals surface area contributed by atoms with Gasteiger partial charge in [0.05, 0.1) is 30.8 Å². The van der Waals surface area contributed by atoms with E-state index in [1.807, 2.05) is 41.4 Å². The number of anilines is 2. The molecule has 0 amide bonds. The van der Waals surface area contributed by atoms with Gasteiger partial charge in [-0.3, -0.25) is 9.71 Å². The zero-order valence-corrected chi connectivity index (χ0v) is 23.2. The molecule has 5 rings (SSSR count). The number of nitrogens with one attached hydrogen (secondary N) is 2. The van der Waals surface area contributed by atoms with Gasteiger partial charge in [-0.25, -0.2) is 8.42 Å². The van der Waals surface area contributed by atoms with Crippen LogP contribution in [0, 0.1) is 13.8 Å². The van der Waals surface area contributed by atoms with Crippen molar-refractivity contribution in [3.8, 4) is 11.4 Å². The summed E-state index contributed by atoms with van der Waals surface area (Å²) in [5.41, 5.74) is 6.36. The molecule has 1 aliphatic rings. The van der Waals surface area contributed by atoms with E-state index in [4.69, 9.17) is 17.0 Å². The van der Waals surface area contributed by atoms with Gasteiger partial charge in [0.2, 0.25) is 10.0 Å². The van der Waals surface area contributed by atoms with Crippen LogP contribution in [0.4, 0.5) is 11.4 Å². The second kappa shape index (κ2) is 10.1. The molecule has 2 unspecified atom stereocenters. The molecule has 4 aromatic rings. The van der Waals surface area contributed by atoms with E-state index in [1.165, 1.54) is 18.2 Å². The van der Waals surface area contributed by atoms with E-state index < -0.39 is 10.0 Å². The van der Waals surface area contributed by atoms with Crippen LogP contribution in [0.2, 0.25) is 0 Å². The van der Waals surface area contributed by atoms with Crippen LogP contribution >= 0.6 is 12.2 Å². The molecule has 1 fully saturated rings. The predicted octanol–water partition coefficient (Wildman–Crippen LogP) is 5.05. The summed E-state index contributed by atoms with van der Waals surface area (Å²) < 4.78 is 34.3. The smallest absolute Gasteiger partial charge is 0.229 e. The quantitative estimate of drug-likeness (QED) is 0.313. The fraction of sp³-hybridized carbons (Fsp3) is 0.214. The highest BCUT2D eigenvalue weighted by molar-refractivity contribution is 7.92. The van der Waals surface area contributed by atoms with Crippen LogP contribution in [0.15, 0.2) is 79.1 Å². The number of aromatic nitrogens is 2. The molecule has 10 heteroatoms. The van der Waals surface area contributed by atoms with Crippen LogP contribution in [0.5, 0.6) is 5.75 Å². The van der Waals surface area contributed by atoms with Crippen molar-refractivity contribution in [2.24, 2.45) is 0 Å². The third-order valence-corrected chi connectivity index (χ3v) is 7.61. The summed E-state index contributed by atoms with van der Waals surface area (Å²) in [6.07, 6.45) is 4.92. The lowest BCUT2D eigenvalue weighted by Gasteiger charge is -2.29. The maximum absolute atomic E-state index is 12.1. The number of hydrogen-bond donors (Lipinski definition) is 2. The molecule has 1 saturated heterocycles. The molecule has 2 aromatic carbocycles. The standard InChI is InChI=1S/C28H29N5O3S2/c1-18-10-11-20(16-19(18)2)32-15-7-9-24(32)27-26(22-8-5-6-14-29-22)30-28(37)33(27)21-12-13-25(36-3)23(17-21)31-38(4,34)35/h5-17,26-27,31H,1-4H3,(H,30,37). The Morgan fingerprint density at radius 2 is 1.79 bits per heavy atom. The van der Waals surface area contributed by atoms with E-state index in [-0.39, 0.29) is 12.1 Å². The normalized spacial score (nSPS) is 17.4. The molecule has 0 saturated carbocycles. The zero-order chi connectivity index (χ0) is 27.0. The van der Waals surface area contributed by atoms with E-state index in [0.29, 0.717) is 22.2 Å². The van der Waals surface area contributed by atoms with Crippen LogP contribution in [0.25, 0.3) is 5.69 Å². The third-order valence-electron chi connectivity index (χ3n) is 6.71. The number of thiocarbonyl (C=S) groups is 1. The zero-order valence-electron chi connectivity index (χ0n) is 21.5. The molecule has 0 radical (unpaired) electrons. The van der Waals surface area contributed by atoms with Crippen molar-refractivity contribution >= 4 is 38.7 Å². The number of methoxy groups -OCH3 is 1. The number of pyridine rings is 1. The van der Waals surface area contributed by atoms with Gasteiger partial charge in [0.1, 0.15) is 11.8 Å². The van der Waals surface area contributed by atoms with Crippen molar-refractivity contribution < 1.29 is 13.2 Å². The van der Waals surface area contributed by atoms with Gasteiger partial charge >= 0.3 is 0 Å². The maximum Gasteiger partial charge on any atom is 0.229 e. The predicted molar refractivity (Wildman–Crippen MR) is 155 cm³/mol. The fourth-order valence-electron chi connectivity index (χ4n) is 4.80. The number of nitrogens with zero attached hydrogens (tertiary/aromatic N) is 3. The first-order chi connectivity index (χ1) is 18.2. The molecule has 1 aliphatic heterocycles. The molecule has 0 bridgehead atoms. The van der Waals surface area contributed by atoms with Gasteiger partial charge in [0, 0.05) is 29.5 Å². The summed E-state index contributed by atoms with van der Waals surface area (Å²) in [5.74, 6) is 0.411. The van der Waals surface area contributed by atoms with E-state index in [1.54, 1.807) is 18.3 Å². The van der Waals surface area contributed by atoms with Gasteiger partial charge in [-0.15, -0.1) is 0 Å². The molecule has 0 aliphatic carbocycles. The van der Waals surface area contributed by atoms with Crippen LogP contribution in [-0.2, 0) is 10.0 Å². The summed E-state index contributed by atoms with van der Waals surface area (Å²) in [4.78, 5) is 6.64. The minimum absolute atomic E-state index is 0.252. The molecule has 0 spiro atoms. The van der Waals surface area contributed by atoms with E-state index in [9.17, 15) is 8.42 Å². The largest absolute Gasteiger partial charge is 0.495 e. The molecule has 38 heavy (non-hydrogen) atoms. The summed E-state index contributed by atoms with van der Waals surface area (Å²) >= 11 is 5.87. The van der Waals surface area contributed by atoms with Gasteiger partial charge < -0.3 is 19.5 Å². The van der Waals surface area contributed by atoms with Crippen molar-refractivity contribution in [2.75, 3.05) is 23.0 Å². The Balaban J connectivity index is 1.67. The van der Waals surface area contributed by atoms with Crippen molar-refractivity contribution in [2.45, 2.75) is 25.9 Å². The Morgan fingerprint density at radius 1 is 1.00 bits per heavy atom. The number of hydrogen-bond acceptors (Lipinski definition) is 5. The Hall–Kier alpha value is -3.89. The maximum atomic E-state index is 12.1. The van der Waals surface area contributed by atoms with Crippen LogP contribution in [0.3, 0.4) is 0 Å². The van der Waals surface area contributed by atoms with Crippen molar-refractivity contribution in [3.63, 3.8) is 0 Å². The first kappa shape index (κ1) is 25.7. The monoisotopic (exact) mass is 547 g/mol. The van der Waals surface area contributed by atoms with Crippen molar-refractivity contribution in [1.29, 1.82) is 0 Å². The molecule has 3 heterocycles. The summed E-state index contributed by atoms with van der Waals surface area (Å²) in [6.45, 7) is 4.20. The molecule has 2 N–H and O–H groups in total. The lowest BCUT2D eigenvalue weighted by molar-refractivity contribution is 0.417. The molecule has 2 atom stereocenters. The van der Waals surface area contributed by atoms with E-state index in [2.05, 4.69) is 57.7 Å². The van der Waals surface area contributed by atoms with Gasteiger partial charge in [-0.1, -0.05) is 12.1 Å². The average molecular weight is 548 g/mol. The highest BCUT2D eigenvalue weighted by atomic mass is 32.2. The van der Waals surface area contributed by atoms with E-state index in [0.717, 1.165) is 23.3 Å². The van der Waals surface area contributed by atoms with Gasteiger partial charge in [0.15, 0.2) is 5.11 Å². The summed E-state index contributed by atoms with van der Waals surface area (Å²) in [6, 6.07) is 21.1. The minimum Gasteiger partial charge on any atom is -0.495 e. The first-order valence-electron chi connectivity index (χ1n) is 12.1. The fourth-order valence-corrected chi connectivity index (χ4v) is 5.71. The highest BCUT2D eigenvalue weighted by Crippen LogP contribution is 2.44. The summed E-state index contributed by atoms with van der Waals surface area (Å²) in [5, 5.41) is 3.97. The Labute approximate surface area is 228 Å². The van der Waals surface area contributed by atoms with E-state index >= 15 is 0 Å². The third kappa shape index (κ3) is 4.97. The van der Waals surface area contributed by atoms with Crippen LogP contribution in [0.1, 0.15) is 34.6 Å². The number of rotatable bonds is 7. The lowest BCUT2D eigenvalue weighted by atomic mass is 10.0. The number of sulfonamides is 1. The Bertz CT molecular complexity index is 1600. The number of aryl methyl sites for hydroxylation is 2. The van der Waals surface area contributed by atoms with Gasteiger partial charge in [0.25, 0.3) is 0 Å². The Kier molecular flexibility index (Phi) is 6.85. The Morgan fingerprint density at radius 3 is 2.47 bits per heavy atom. The van der Waals surface area contributed by atoms with Crippen molar-refractivity contribution in [3.05, 3.63) is 102 Å². The SMILES string of the molecule is COc1ccc(N2C(=S)NC(c3ccccn3)C2c2cccn2-c2ccc(C)c(C)c2)cc1NS(C)(=O)=O. The van der Waals surface area contributed by atoms with Gasteiger partial charge in [-0.2, -0.15) is 0 Å². The number of ether oxygens (including phenoxy) is 1. The van der Waals surface area contributed by atoms with Crippen molar-refractivity contribution in [1.82, 2.24) is 14.9 Å².